The number of rotatable bonds is 9. The average molecular weight is 513 g/mol. The molecule has 1 N–H and O–H groups in total. The molecule has 1 amide bonds. The van der Waals surface area contributed by atoms with Crippen molar-refractivity contribution >= 4 is 40.0 Å². The molecule has 4 aromatic rings. The molecule has 6 nitrogen and oxygen atoms in total. The quantitative estimate of drug-likeness (QED) is 0.192. The van der Waals surface area contributed by atoms with Crippen LogP contribution in [0.4, 0.5) is 5.69 Å². The van der Waals surface area contributed by atoms with Gasteiger partial charge in [0.05, 0.1) is 18.7 Å². The second kappa shape index (κ2) is 12.0. The van der Waals surface area contributed by atoms with Crippen LogP contribution in [0.3, 0.4) is 0 Å². The first-order valence-corrected chi connectivity index (χ1v) is 12.0. The molecule has 4 rings (SSSR count). The first-order valence-electron chi connectivity index (χ1n) is 11.7. The number of benzene rings is 4. The monoisotopic (exact) mass is 512 g/mol. The summed E-state index contributed by atoms with van der Waals surface area (Å²) in [6.07, 6.45) is 1.45. The number of ether oxygens (including phenoxy) is 3. The zero-order valence-corrected chi connectivity index (χ0v) is 21.2. The summed E-state index contributed by atoms with van der Waals surface area (Å²) >= 11 is 6.55. The van der Waals surface area contributed by atoms with Crippen LogP contribution in [0.5, 0.6) is 17.2 Å². The SMILES string of the molecule is CCOc1cccc(NC(=O)/C(C#N)=C\c2cc(Cl)c(OCc3cccc4ccccc34)c(OC)c2)c1. The van der Waals surface area contributed by atoms with Crippen molar-refractivity contribution in [3.63, 3.8) is 0 Å². The van der Waals surface area contributed by atoms with E-state index in [0.29, 0.717) is 46.7 Å². The van der Waals surface area contributed by atoms with Crippen LogP contribution < -0.4 is 19.5 Å². The highest BCUT2D eigenvalue weighted by molar-refractivity contribution is 6.32. The minimum Gasteiger partial charge on any atom is -0.494 e. The zero-order valence-electron chi connectivity index (χ0n) is 20.5. The summed E-state index contributed by atoms with van der Waals surface area (Å²) in [6, 6.07) is 26.3. The number of nitrogens with one attached hydrogen (secondary N) is 1. The van der Waals surface area contributed by atoms with E-state index >= 15 is 0 Å². The summed E-state index contributed by atoms with van der Waals surface area (Å²) in [5, 5.41) is 14.9. The van der Waals surface area contributed by atoms with Gasteiger partial charge in [-0.15, -0.1) is 0 Å². The largest absolute Gasteiger partial charge is 0.494 e. The number of hydrogen-bond acceptors (Lipinski definition) is 5. The molecular formula is C30H25ClN2O4. The second-order valence-electron chi connectivity index (χ2n) is 8.05. The van der Waals surface area contributed by atoms with Crippen molar-refractivity contribution in [2.24, 2.45) is 0 Å². The van der Waals surface area contributed by atoms with Gasteiger partial charge in [0.2, 0.25) is 0 Å². The fourth-order valence-electron chi connectivity index (χ4n) is 3.88. The van der Waals surface area contributed by atoms with Gasteiger partial charge in [0.25, 0.3) is 5.91 Å². The van der Waals surface area contributed by atoms with Crippen LogP contribution in [0.15, 0.2) is 84.4 Å². The highest BCUT2D eigenvalue weighted by atomic mass is 35.5. The van der Waals surface area contributed by atoms with Gasteiger partial charge in [-0.25, -0.2) is 0 Å². The molecular weight excluding hydrogens is 488 g/mol. The second-order valence-corrected chi connectivity index (χ2v) is 8.45. The van der Waals surface area contributed by atoms with Crippen molar-refractivity contribution in [3.05, 3.63) is 101 Å². The van der Waals surface area contributed by atoms with E-state index in [4.69, 9.17) is 25.8 Å². The van der Waals surface area contributed by atoms with Crippen LogP contribution in [0, 0.1) is 11.3 Å². The van der Waals surface area contributed by atoms with Gasteiger partial charge in [-0.1, -0.05) is 60.1 Å². The third kappa shape index (κ3) is 6.21. The minimum atomic E-state index is -0.553. The molecule has 0 heterocycles. The van der Waals surface area contributed by atoms with Crippen molar-refractivity contribution in [1.29, 1.82) is 5.26 Å². The predicted molar refractivity (Wildman–Crippen MR) is 146 cm³/mol. The number of amides is 1. The number of fused-ring (bicyclic) bond motifs is 1. The van der Waals surface area contributed by atoms with E-state index in [0.717, 1.165) is 16.3 Å². The molecule has 0 aliphatic rings. The number of carbonyl (C=O) groups is 1. The summed E-state index contributed by atoms with van der Waals surface area (Å²) in [7, 11) is 1.51. The van der Waals surface area contributed by atoms with E-state index in [9.17, 15) is 10.1 Å². The van der Waals surface area contributed by atoms with Crippen LogP contribution in [0.25, 0.3) is 16.8 Å². The van der Waals surface area contributed by atoms with Gasteiger partial charge >= 0.3 is 0 Å². The van der Waals surface area contributed by atoms with Crippen molar-refractivity contribution in [2.45, 2.75) is 13.5 Å². The molecule has 0 saturated carbocycles. The number of anilines is 1. The van der Waals surface area contributed by atoms with Crippen LogP contribution in [0.1, 0.15) is 18.1 Å². The lowest BCUT2D eigenvalue weighted by atomic mass is 10.1. The van der Waals surface area contributed by atoms with E-state index < -0.39 is 5.91 Å². The Hall–Kier alpha value is -4.47. The highest BCUT2D eigenvalue weighted by Gasteiger charge is 2.15. The highest BCUT2D eigenvalue weighted by Crippen LogP contribution is 2.38. The number of carbonyl (C=O) groups excluding carboxylic acids is 1. The number of nitriles is 1. The summed E-state index contributed by atoms with van der Waals surface area (Å²) < 4.78 is 17.0. The Morgan fingerprint density at radius 1 is 1.03 bits per heavy atom. The van der Waals surface area contributed by atoms with Crippen molar-refractivity contribution in [1.82, 2.24) is 0 Å². The molecule has 0 fully saturated rings. The van der Waals surface area contributed by atoms with Gasteiger partial charge in [0.1, 0.15) is 24.0 Å². The third-order valence-corrected chi connectivity index (χ3v) is 5.86. The van der Waals surface area contributed by atoms with E-state index in [1.807, 2.05) is 55.5 Å². The van der Waals surface area contributed by atoms with E-state index in [2.05, 4.69) is 5.32 Å². The Kier molecular flexibility index (Phi) is 8.29. The van der Waals surface area contributed by atoms with Gasteiger partial charge in [0, 0.05) is 11.8 Å². The summed E-state index contributed by atoms with van der Waals surface area (Å²) in [5.74, 6) is 0.840. The maximum Gasteiger partial charge on any atom is 0.266 e. The van der Waals surface area contributed by atoms with Crippen LogP contribution in [0.2, 0.25) is 5.02 Å². The normalized spacial score (nSPS) is 11.0. The van der Waals surface area contributed by atoms with E-state index in [1.54, 1.807) is 36.4 Å². The van der Waals surface area contributed by atoms with Gasteiger partial charge in [-0.2, -0.15) is 5.26 Å². The van der Waals surface area contributed by atoms with Crippen LogP contribution in [-0.2, 0) is 11.4 Å². The molecule has 0 radical (unpaired) electrons. The van der Waals surface area contributed by atoms with Gasteiger partial charge < -0.3 is 19.5 Å². The lowest BCUT2D eigenvalue weighted by Crippen LogP contribution is -2.13. The van der Waals surface area contributed by atoms with Gasteiger partial charge in [0.15, 0.2) is 11.5 Å². The maximum atomic E-state index is 12.8. The van der Waals surface area contributed by atoms with Crippen LogP contribution >= 0.6 is 11.6 Å². The molecule has 4 aromatic carbocycles. The zero-order chi connectivity index (χ0) is 26.2. The molecule has 0 atom stereocenters. The fourth-order valence-corrected chi connectivity index (χ4v) is 4.15. The molecule has 0 aliphatic heterocycles. The Labute approximate surface area is 220 Å². The summed E-state index contributed by atoms with van der Waals surface area (Å²) in [6.45, 7) is 2.67. The molecule has 0 aromatic heterocycles. The first kappa shape index (κ1) is 25.6. The minimum absolute atomic E-state index is 0.0932. The molecule has 37 heavy (non-hydrogen) atoms. The van der Waals surface area contributed by atoms with Crippen LogP contribution in [-0.4, -0.2) is 19.6 Å². The van der Waals surface area contributed by atoms with Gasteiger partial charge in [-0.3, -0.25) is 4.79 Å². The third-order valence-electron chi connectivity index (χ3n) is 5.58. The van der Waals surface area contributed by atoms with Gasteiger partial charge in [-0.05, 0) is 59.2 Å². The molecule has 0 bridgehead atoms. The number of halogens is 1. The van der Waals surface area contributed by atoms with E-state index in [1.165, 1.54) is 13.2 Å². The van der Waals surface area contributed by atoms with Crippen molar-refractivity contribution < 1.29 is 19.0 Å². The Balaban J connectivity index is 1.55. The first-order chi connectivity index (χ1) is 18.0. The summed E-state index contributed by atoms with van der Waals surface area (Å²) in [4.78, 5) is 12.8. The number of nitrogens with zero attached hydrogens (tertiary/aromatic N) is 1. The Morgan fingerprint density at radius 3 is 2.59 bits per heavy atom. The lowest BCUT2D eigenvalue weighted by Gasteiger charge is -2.14. The molecule has 0 saturated heterocycles. The van der Waals surface area contributed by atoms with Crippen molar-refractivity contribution in [2.75, 3.05) is 19.0 Å². The molecule has 0 unspecified atom stereocenters. The smallest absolute Gasteiger partial charge is 0.266 e. The maximum absolute atomic E-state index is 12.8. The summed E-state index contributed by atoms with van der Waals surface area (Å²) in [5.41, 5.74) is 1.96. The van der Waals surface area contributed by atoms with E-state index in [-0.39, 0.29) is 5.57 Å². The molecule has 186 valence electrons. The standard InChI is InChI=1S/C30H25ClN2O4/c1-3-36-25-12-7-11-24(17-25)33-30(34)23(18-32)14-20-15-27(31)29(28(16-20)35-2)37-19-22-10-6-9-21-8-4-5-13-26(21)22/h4-17H,3,19H2,1-2H3,(H,33,34)/b23-14-. The molecule has 0 aliphatic carbocycles. The van der Waals surface area contributed by atoms with Crippen molar-refractivity contribution in [3.8, 4) is 23.3 Å². The molecule has 0 spiro atoms. The Bertz CT molecular complexity index is 1500. The average Bonchev–Trinajstić information content (AvgIpc) is 2.91. The topological polar surface area (TPSA) is 80.6 Å². The fraction of sp³-hybridized carbons (Fsp3) is 0.133. The Morgan fingerprint density at radius 2 is 1.81 bits per heavy atom. The number of methoxy groups -OCH3 is 1. The lowest BCUT2D eigenvalue weighted by molar-refractivity contribution is -0.112. The molecule has 7 heteroatoms. The predicted octanol–water partition coefficient (Wildman–Crippen LogP) is 7.03. The number of hydrogen-bond donors (Lipinski definition) is 1.